The van der Waals surface area contributed by atoms with Crippen molar-refractivity contribution in [2.24, 2.45) is 0 Å². The first-order chi connectivity index (χ1) is 11.1. The summed E-state index contributed by atoms with van der Waals surface area (Å²) in [7, 11) is 0. The fourth-order valence-electron chi connectivity index (χ4n) is 2.73. The van der Waals surface area contributed by atoms with Gasteiger partial charge in [0.05, 0.1) is 23.8 Å². The van der Waals surface area contributed by atoms with Crippen molar-refractivity contribution in [1.82, 2.24) is 4.90 Å². The van der Waals surface area contributed by atoms with Crippen molar-refractivity contribution < 1.29 is 14.7 Å². The molecule has 0 radical (unpaired) electrons. The second-order valence-corrected chi connectivity index (χ2v) is 5.49. The lowest BCUT2D eigenvalue weighted by Crippen LogP contribution is -2.40. The van der Waals surface area contributed by atoms with Crippen LogP contribution in [0.3, 0.4) is 0 Å². The van der Waals surface area contributed by atoms with Crippen LogP contribution in [0, 0.1) is 6.92 Å². The van der Waals surface area contributed by atoms with Crippen LogP contribution in [0.5, 0.6) is 0 Å². The van der Waals surface area contributed by atoms with E-state index in [1.165, 1.54) is 0 Å². The van der Waals surface area contributed by atoms with Crippen LogP contribution in [0.15, 0.2) is 54.6 Å². The molecule has 2 aromatic carbocycles. The smallest absolute Gasteiger partial charge is 0.262 e. The zero-order valence-corrected chi connectivity index (χ0v) is 12.8. The number of imide groups is 1. The average molecular weight is 307 g/mol. The van der Waals surface area contributed by atoms with Crippen LogP contribution in [0.25, 0.3) is 6.08 Å². The monoisotopic (exact) mass is 307 g/mol. The summed E-state index contributed by atoms with van der Waals surface area (Å²) in [6.45, 7) is 1.67. The van der Waals surface area contributed by atoms with E-state index in [1.807, 2.05) is 37.3 Å². The lowest BCUT2D eigenvalue weighted by molar-refractivity contribution is 0.0565. The Kier molecular flexibility index (Phi) is 4.08. The minimum Gasteiger partial charge on any atom is -0.394 e. The zero-order chi connectivity index (χ0) is 16.4. The molecule has 2 amide bonds. The first-order valence-electron chi connectivity index (χ1n) is 7.45. The van der Waals surface area contributed by atoms with Crippen LogP contribution in [0.4, 0.5) is 0 Å². The van der Waals surface area contributed by atoms with E-state index in [9.17, 15) is 14.7 Å². The summed E-state index contributed by atoms with van der Waals surface area (Å²) >= 11 is 0. The predicted molar refractivity (Wildman–Crippen MR) is 88.0 cm³/mol. The van der Waals surface area contributed by atoms with Gasteiger partial charge in [0.1, 0.15) is 0 Å². The Morgan fingerprint density at radius 2 is 1.57 bits per heavy atom. The number of aryl methyl sites for hydroxylation is 1. The van der Waals surface area contributed by atoms with Crippen molar-refractivity contribution in [3.63, 3.8) is 0 Å². The molecule has 0 bridgehead atoms. The number of amides is 2. The maximum Gasteiger partial charge on any atom is 0.262 e. The Labute approximate surface area is 134 Å². The second-order valence-electron chi connectivity index (χ2n) is 5.49. The topological polar surface area (TPSA) is 57.6 Å². The Balaban J connectivity index is 1.90. The lowest BCUT2D eigenvalue weighted by Gasteiger charge is -2.21. The Bertz CT molecular complexity index is 760. The molecule has 116 valence electrons. The van der Waals surface area contributed by atoms with E-state index in [4.69, 9.17) is 0 Å². The zero-order valence-electron chi connectivity index (χ0n) is 12.8. The maximum atomic E-state index is 12.4. The molecule has 0 fully saturated rings. The number of benzene rings is 2. The van der Waals surface area contributed by atoms with Crippen molar-refractivity contribution in [1.29, 1.82) is 0 Å². The summed E-state index contributed by atoms with van der Waals surface area (Å²) in [6.07, 6.45) is 3.53. The highest BCUT2D eigenvalue weighted by Crippen LogP contribution is 2.25. The van der Waals surface area contributed by atoms with Crippen LogP contribution in [0.1, 0.15) is 31.8 Å². The maximum absolute atomic E-state index is 12.4. The highest BCUT2D eigenvalue weighted by atomic mass is 16.3. The number of hydrogen-bond acceptors (Lipinski definition) is 3. The van der Waals surface area contributed by atoms with Gasteiger partial charge in [0.2, 0.25) is 0 Å². The summed E-state index contributed by atoms with van der Waals surface area (Å²) in [6, 6.07) is 13.8. The Morgan fingerprint density at radius 1 is 1.00 bits per heavy atom. The van der Waals surface area contributed by atoms with Crippen molar-refractivity contribution in [2.45, 2.75) is 13.0 Å². The fraction of sp³-hybridized carbons (Fsp3) is 0.158. The molecule has 1 aliphatic heterocycles. The van der Waals surface area contributed by atoms with Crippen LogP contribution < -0.4 is 0 Å². The van der Waals surface area contributed by atoms with E-state index >= 15 is 0 Å². The summed E-state index contributed by atoms with van der Waals surface area (Å²) in [5, 5.41) is 9.65. The first-order valence-corrected chi connectivity index (χ1v) is 7.45. The molecule has 1 N–H and O–H groups in total. The summed E-state index contributed by atoms with van der Waals surface area (Å²) in [5.74, 6) is -0.724. The Hall–Kier alpha value is -2.72. The molecule has 0 aromatic heterocycles. The molecule has 1 heterocycles. The summed E-state index contributed by atoms with van der Waals surface area (Å²) in [4.78, 5) is 26.0. The predicted octanol–water partition coefficient (Wildman–Crippen LogP) is 2.67. The SMILES string of the molecule is Cc1ccccc1/C=C/[C@H](CO)N1C(=O)c2ccccc2C1=O. The van der Waals surface area contributed by atoms with Crippen molar-refractivity contribution in [3.8, 4) is 0 Å². The van der Waals surface area contributed by atoms with Gasteiger partial charge in [0.25, 0.3) is 11.8 Å². The number of hydrogen-bond donors (Lipinski definition) is 1. The summed E-state index contributed by atoms with van der Waals surface area (Å²) in [5.41, 5.74) is 2.85. The first kappa shape index (κ1) is 15.2. The number of fused-ring (bicyclic) bond motifs is 1. The number of carbonyl (C=O) groups excluding carboxylic acids is 2. The fourth-order valence-corrected chi connectivity index (χ4v) is 2.73. The third-order valence-electron chi connectivity index (χ3n) is 4.03. The van der Waals surface area contributed by atoms with Gasteiger partial charge in [-0.25, -0.2) is 0 Å². The van der Waals surface area contributed by atoms with Gasteiger partial charge in [0.15, 0.2) is 0 Å². The third kappa shape index (κ3) is 2.69. The van der Waals surface area contributed by atoms with Gasteiger partial charge in [-0.1, -0.05) is 48.6 Å². The highest BCUT2D eigenvalue weighted by Gasteiger charge is 2.38. The molecule has 0 spiro atoms. The van der Waals surface area contributed by atoms with E-state index in [1.54, 1.807) is 30.3 Å². The standard InChI is InChI=1S/C19H17NO3/c1-13-6-2-3-7-14(13)10-11-15(12-21)20-18(22)16-8-4-5-9-17(16)19(20)23/h2-11,15,21H,12H2,1H3/b11-10+/t15-/m1/s1. The highest BCUT2D eigenvalue weighted by molar-refractivity contribution is 6.21. The van der Waals surface area contributed by atoms with Gasteiger partial charge in [-0.15, -0.1) is 0 Å². The molecule has 4 nitrogen and oxygen atoms in total. The number of carbonyl (C=O) groups is 2. The van der Waals surface area contributed by atoms with Gasteiger partial charge in [-0.05, 0) is 30.2 Å². The Morgan fingerprint density at radius 3 is 2.13 bits per heavy atom. The normalized spacial score (nSPS) is 15.3. The molecule has 2 aromatic rings. The largest absolute Gasteiger partial charge is 0.394 e. The average Bonchev–Trinajstić information content (AvgIpc) is 2.82. The molecule has 3 rings (SSSR count). The van der Waals surface area contributed by atoms with Crippen molar-refractivity contribution >= 4 is 17.9 Å². The number of rotatable bonds is 4. The van der Waals surface area contributed by atoms with E-state index in [0.717, 1.165) is 16.0 Å². The second kappa shape index (κ2) is 6.18. The molecule has 4 heteroatoms. The van der Waals surface area contributed by atoms with Gasteiger partial charge >= 0.3 is 0 Å². The molecular formula is C19H17NO3. The number of nitrogens with zero attached hydrogens (tertiary/aromatic N) is 1. The quantitative estimate of drug-likeness (QED) is 0.884. The van der Waals surface area contributed by atoms with E-state index in [0.29, 0.717) is 11.1 Å². The minimum atomic E-state index is -0.679. The molecule has 0 unspecified atom stereocenters. The van der Waals surface area contributed by atoms with E-state index in [-0.39, 0.29) is 18.4 Å². The number of aliphatic hydroxyl groups excluding tert-OH is 1. The van der Waals surface area contributed by atoms with Gasteiger partial charge in [-0.3, -0.25) is 14.5 Å². The molecule has 23 heavy (non-hydrogen) atoms. The van der Waals surface area contributed by atoms with Crippen LogP contribution in [-0.2, 0) is 0 Å². The van der Waals surface area contributed by atoms with Gasteiger partial charge in [0, 0.05) is 0 Å². The summed E-state index contributed by atoms with van der Waals surface area (Å²) < 4.78 is 0. The van der Waals surface area contributed by atoms with Crippen molar-refractivity contribution in [2.75, 3.05) is 6.61 Å². The molecule has 0 aliphatic carbocycles. The third-order valence-corrected chi connectivity index (χ3v) is 4.03. The van der Waals surface area contributed by atoms with Gasteiger partial charge < -0.3 is 5.11 Å². The molecule has 1 atom stereocenters. The molecule has 0 saturated carbocycles. The van der Waals surface area contributed by atoms with E-state index < -0.39 is 6.04 Å². The lowest BCUT2D eigenvalue weighted by atomic mass is 10.1. The van der Waals surface area contributed by atoms with Crippen LogP contribution in [0.2, 0.25) is 0 Å². The van der Waals surface area contributed by atoms with Crippen molar-refractivity contribution in [3.05, 3.63) is 76.9 Å². The van der Waals surface area contributed by atoms with Gasteiger partial charge in [-0.2, -0.15) is 0 Å². The number of aliphatic hydroxyl groups is 1. The van der Waals surface area contributed by atoms with Crippen LogP contribution in [-0.4, -0.2) is 34.5 Å². The molecule has 1 aliphatic rings. The minimum absolute atomic E-state index is 0.312. The molecular weight excluding hydrogens is 290 g/mol. The van der Waals surface area contributed by atoms with E-state index in [2.05, 4.69) is 0 Å². The molecule has 0 saturated heterocycles. The van der Waals surface area contributed by atoms with Crippen LogP contribution >= 0.6 is 0 Å².